The fraction of sp³-hybridized carbons (Fsp3) is 0.615. The summed E-state index contributed by atoms with van der Waals surface area (Å²) in [4.78, 5) is 10.5. The molecular formula is C13H19F3O. The molecule has 0 saturated carbocycles. The number of carbonyl (C=O) groups excluding carboxylic acids is 1. The Balaban J connectivity index is 3.39. The lowest BCUT2D eigenvalue weighted by Crippen LogP contribution is -2.22. The summed E-state index contributed by atoms with van der Waals surface area (Å²) in [5, 5.41) is 0. The average molecular weight is 248 g/mol. The maximum atomic E-state index is 11.8. The van der Waals surface area contributed by atoms with E-state index >= 15 is 0 Å². The van der Waals surface area contributed by atoms with Gasteiger partial charge >= 0.3 is 6.18 Å². The van der Waals surface area contributed by atoms with Crippen molar-refractivity contribution in [3.63, 3.8) is 0 Å². The third kappa shape index (κ3) is 9.85. The zero-order valence-corrected chi connectivity index (χ0v) is 10.1. The van der Waals surface area contributed by atoms with Crippen LogP contribution >= 0.6 is 0 Å². The Morgan fingerprint density at radius 1 is 1.06 bits per heavy atom. The molecule has 0 heterocycles. The number of unbranched alkanes of at least 4 members (excludes halogenated alkanes) is 4. The third-order valence-corrected chi connectivity index (χ3v) is 2.28. The summed E-state index contributed by atoms with van der Waals surface area (Å²) in [7, 11) is 0. The molecule has 0 unspecified atom stereocenters. The van der Waals surface area contributed by atoms with E-state index in [1.54, 1.807) is 0 Å². The zero-order chi connectivity index (χ0) is 13.1. The fourth-order valence-electron chi connectivity index (χ4n) is 1.33. The number of rotatable bonds is 8. The first-order valence-electron chi connectivity index (χ1n) is 5.86. The van der Waals surface area contributed by atoms with Crippen LogP contribution in [-0.2, 0) is 4.79 Å². The molecule has 0 bridgehead atoms. The summed E-state index contributed by atoms with van der Waals surface area (Å²) < 4.78 is 35.5. The molecule has 0 spiro atoms. The first kappa shape index (κ1) is 15.9. The lowest BCUT2D eigenvalue weighted by atomic mass is 10.1. The molecule has 0 aromatic heterocycles. The number of ketones is 1. The third-order valence-electron chi connectivity index (χ3n) is 2.28. The summed E-state index contributed by atoms with van der Waals surface area (Å²) in [6.07, 6.45) is 6.57. The number of allylic oxidation sites excluding steroid dienone is 4. The molecule has 17 heavy (non-hydrogen) atoms. The molecule has 0 saturated heterocycles. The predicted molar refractivity (Wildman–Crippen MR) is 62.7 cm³/mol. The van der Waals surface area contributed by atoms with E-state index in [9.17, 15) is 18.0 Å². The van der Waals surface area contributed by atoms with Gasteiger partial charge in [-0.05, 0) is 26.2 Å². The van der Waals surface area contributed by atoms with Crippen LogP contribution in [0.15, 0.2) is 24.3 Å². The largest absolute Gasteiger partial charge is 0.449 e. The number of hydrogen-bond donors (Lipinski definition) is 0. The van der Waals surface area contributed by atoms with Gasteiger partial charge in [0.1, 0.15) is 0 Å². The van der Waals surface area contributed by atoms with Gasteiger partial charge in [0.15, 0.2) is 0 Å². The van der Waals surface area contributed by atoms with Gasteiger partial charge in [-0.25, -0.2) is 0 Å². The summed E-state index contributed by atoms with van der Waals surface area (Å²) in [5.41, 5.74) is 0. The maximum absolute atomic E-state index is 11.8. The summed E-state index contributed by atoms with van der Waals surface area (Å²) in [5.74, 6) is -1.61. The van der Waals surface area contributed by atoms with Gasteiger partial charge in [0, 0.05) is 6.42 Å². The van der Waals surface area contributed by atoms with Gasteiger partial charge in [-0.1, -0.05) is 37.1 Å². The number of hydrogen-bond acceptors (Lipinski definition) is 1. The van der Waals surface area contributed by atoms with E-state index in [4.69, 9.17) is 0 Å². The minimum atomic E-state index is -4.66. The highest BCUT2D eigenvalue weighted by atomic mass is 19.4. The normalized spacial score (nSPS) is 12.7. The van der Waals surface area contributed by atoms with Crippen LogP contribution in [0.5, 0.6) is 0 Å². The van der Waals surface area contributed by atoms with Crippen LogP contribution in [0.3, 0.4) is 0 Å². The quantitative estimate of drug-likeness (QED) is 0.453. The van der Waals surface area contributed by atoms with E-state index in [1.165, 1.54) is 0 Å². The van der Waals surface area contributed by atoms with Gasteiger partial charge in [-0.3, -0.25) is 4.79 Å². The Kier molecular flexibility index (Phi) is 8.46. The van der Waals surface area contributed by atoms with Crippen LogP contribution in [-0.4, -0.2) is 12.0 Å². The predicted octanol–water partition coefficient (Wildman–Crippen LogP) is 4.59. The van der Waals surface area contributed by atoms with Crippen LogP contribution in [0.25, 0.3) is 0 Å². The van der Waals surface area contributed by atoms with Crippen LogP contribution in [0.4, 0.5) is 13.2 Å². The average Bonchev–Trinajstić information content (AvgIpc) is 2.25. The van der Waals surface area contributed by atoms with Crippen LogP contribution in [0.1, 0.15) is 45.4 Å². The summed E-state index contributed by atoms with van der Waals surface area (Å²) >= 11 is 0. The van der Waals surface area contributed by atoms with E-state index < -0.39 is 12.0 Å². The van der Waals surface area contributed by atoms with Crippen molar-refractivity contribution in [1.29, 1.82) is 0 Å². The number of alkyl halides is 3. The Morgan fingerprint density at radius 2 is 1.71 bits per heavy atom. The molecule has 0 fully saturated rings. The molecule has 0 aliphatic heterocycles. The van der Waals surface area contributed by atoms with Crippen molar-refractivity contribution >= 4 is 5.78 Å². The molecule has 0 aliphatic rings. The molecule has 1 nitrogen and oxygen atoms in total. The molecular weight excluding hydrogens is 229 g/mol. The highest BCUT2D eigenvalue weighted by molar-refractivity contribution is 5.83. The Bertz CT molecular complexity index is 264. The second kappa shape index (κ2) is 9.02. The van der Waals surface area contributed by atoms with Crippen molar-refractivity contribution < 1.29 is 18.0 Å². The molecule has 0 aromatic rings. The minimum absolute atomic E-state index is 0.330. The van der Waals surface area contributed by atoms with E-state index in [2.05, 4.69) is 0 Å². The second-order valence-corrected chi connectivity index (χ2v) is 3.83. The highest BCUT2D eigenvalue weighted by Crippen LogP contribution is 2.19. The first-order chi connectivity index (χ1) is 7.98. The Labute approximate surface area is 100 Å². The lowest BCUT2D eigenvalue weighted by molar-refractivity contribution is -0.171. The molecule has 0 aromatic carbocycles. The highest BCUT2D eigenvalue weighted by Gasteiger charge is 2.36. The van der Waals surface area contributed by atoms with Gasteiger partial charge in [-0.2, -0.15) is 13.2 Å². The van der Waals surface area contributed by atoms with Crippen molar-refractivity contribution in [3.8, 4) is 0 Å². The molecule has 4 heteroatoms. The molecule has 0 N–H and O–H groups in total. The van der Waals surface area contributed by atoms with Crippen molar-refractivity contribution in [2.24, 2.45) is 0 Å². The van der Waals surface area contributed by atoms with E-state index in [1.807, 2.05) is 31.2 Å². The van der Waals surface area contributed by atoms with E-state index in [0.717, 1.165) is 19.3 Å². The lowest BCUT2D eigenvalue weighted by Gasteiger charge is -2.04. The molecule has 0 radical (unpaired) electrons. The molecule has 98 valence electrons. The standard InChI is InChI=1S/C13H19F3O/c1-2-3-4-5-6-7-8-9-10-11-12(17)13(14,15)16/h2-5H,6-11H2,1H3/b3-2+,5-4+. The molecule has 0 aliphatic carbocycles. The number of Topliss-reactive ketones (excluding diaryl/α,β-unsaturated/α-hetero) is 1. The van der Waals surface area contributed by atoms with Crippen LogP contribution in [0.2, 0.25) is 0 Å². The first-order valence-corrected chi connectivity index (χ1v) is 5.86. The van der Waals surface area contributed by atoms with Gasteiger partial charge in [-0.15, -0.1) is 0 Å². The van der Waals surface area contributed by atoms with E-state index in [0.29, 0.717) is 12.8 Å². The summed E-state index contributed by atoms with van der Waals surface area (Å²) in [6.45, 7) is 1.93. The topological polar surface area (TPSA) is 17.1 Å². The maximum Gasteiger partial charge on any atom is 0.449 e. The van der Waals surface area contributed by atoms with E-state index in [-0.39, 0.29) is 6.42 Å². The zero-order valence-electron chi connectivity index (χ0n) is 10.1. The van der Waals surface area contributed by atoms with Gasteiger partial charge < -0.3 is 0 Å². The Morgan fingerprint density at radius 3 is 2.29 bits per heavy atom. The van der Waals surface area contributed by atoms with Crippen molar-refractivity contribution in [2.75, 3.05) is 0 Å². The SMILES string of the molecule is C/C=C/C=C/CCCCCCC(=O)C(F)(F)F. The molecule has 0 atom stereocenters. The van der Waals surface area contributed by atoms with Crippen molar-refractivity contribution in [1.82, 2.24) is 0 Å². The smallest absolute Gasteiger partial charge is 0.290 e. The number of halogens is 3. The second-order valence-electron chi connectivity index (χ2n) is 3.83. The van der Waals surface area contributed by atoms with Crippen molar-refractivity contribution in [2.45, 2.75) is 51.6 Å². The molecule has 0 rings (SSSR count). The fourth-order valence-corrected chi connectivity index (χ4v) is 1.33. The Hall–Kier alpha value is -1.06. The van der Waals surface area contributed by atoms with Gasteiger partial charge in [0.05, 0.1) is 0 Å². The van der Waals surface area contributed by atoms with Crippen molar-refractivity contribution in [3.05, 3.63) is 24.3 Å². The van der Waals surface area contributed by atoms with Gasteiger partial charge in [0.2, 0.25) is 5.78 Å². The van der Waals surface area contributed by atoms with Gasteiger partial charge in [0.25, 0.3) is 0 Å². The van der Waals surface area contributed by atoms with Crippen LogP contribution < -0.4 is 0 Å². The molecule has 0 amide bonds. The summed E-state index contributed by atoms with van der Waals surface area (Å²) in [6, 6.07) is 0. The number of carbonyl (C=O) groups is 1. The monoisotopic (exact) mass is 248 g/mol. The minimum Gasteiger partial charge on any atom is -0.290 e. The van der Waals surface area contributed by atoms with Crippen LogP contribution in [0, 0.1) is 0 Å².